The van der Waals surface area contributed by atoms with Crippen LogP contribution in [0.4, 0.5) is 0 Å². The number of hydrogen-bond donors (Lipinski definition) is 2. The molecule has 1 aliphatic rings. The molecule has 0 saturated heterocycles. The van der Waals surface area contributed by atoms with Gasteiger partial charge in [-0.15, -0.1) is 0 Å². The third-order valence-electron chi connectivity index (χ3n) is 3.32. The molecular weight excluding hydrogens is 286 g/mol. The van der Waals surface area contributed by atoms with E-state index in [1.165, 1.54) is 12.8 Å². The summed E-state index contributed by atoms with van der Waals surface area (Å²) in [7, 11) is 1.63. The summed E-state index contributed by atoms with van der Waals surface area (Å²) in [6, 6.07) is 8.23. The Morgan fingerprint density at radius 1 is 1.43 bits per heavy atom. The molecule has 1 heterocycles. The summed E-state index contributed by atoms with van der Waals surface area (Å²) in [5.41, 5.74) is 4.30. The van der Waals surface area contributed by atoms with Crippen LogP contribution in [0.1, 0.15) is 25.5 Å². The van der Waals surface area contributed by atoms with Crippen LogP contribution < -0.4 is 15.5 Å². The van der Waals surface area contributed by atoms with E-state index in [1.54, 1.807) is 7.11 Å². The number of rotatable bonds is 4. The zero-order valence-corrected chi connectivity index (χ0v) is 12.8. The van der Waals surface area contributed by atoms with Crippen molar-refractivity contribution in [1.82, 2.24) is 10.7 Å². The van der Waals surface area contributed by atoms with Crippen molar-refractivity contribution in [1.29, 1.82) is 0 Å². The normalized spacial score (nSPS) is 15.0. The highest BCUT2D eigenvalue weighted by atomic mass is 32.1. The fourth-order valence-corrected chi connectivity index (χ4v) is 2.22. The Morgan fingerprint density at radius 2 is 2.24 bits per heavy atom. The molecule has 0 bridgehead atoms. The Labute approximate surface area is 128 Å². The number of para-hydroxylation sites is 1. The lowest BCUT2D eigenvalue weighted by Crippen LogP contribution is -2.33. The summed E-state index contributed by atoms with van der Waals surface area (Å²) < 4.78 is 11.1. The van der Waals surface area contributed by atoms with E-state index in [-0.39, 0.29) is 0 Å². The number of nitrogens with one attached hydrogen (secondary N) is 2. The molecule has 0 spiro atoms. The zero-order valence-electron chi connectivity index (χ0n) is 12.0. The molecule has 0 atom stereocenters. The fourth-order valence-electron chi connectivity index (χ4n) is 2.01. The van der Waals surface area contributed by atoms with Crippen molar-refractivity contribution in [3.8, 4) is 5.75 Å². The summed E-state index contributed by atoms with van der Waals surface area (Å²) in [5.74, 6) is 1.40. The second kappa shape index (κ2) is 5.73. The first-order chi connectivity index (χ1) is 10.2. The van der Waals surface area contributed by atoms with E-state index in [0.717, 1.165) is 16.7 Å². The topological polar surface area (TPSA) is 58.8 Å². The predicted octanol–water partition coefficient (Wildman–Crippen LogP) is 2.79. The Kier molecular flexibility index (Phi) is 3.79. The summed E-state index contributed by atoms with van der Waals surface area (Å²) in [6.45, 7) is 1.87. The molecule has 2 aromatic rings. The largest absolute Gasteiger partial charge is 0.493 e. The van der Waals surface area contributed by atoms with Gasteiger partial charge in [0.25, 0.3) is 0 Å². The van der Waals surface area contributed by atoms with E-state index in [4.69, 9.17) is 21.4 Å². The minimum Gasteiger partial charge on any atom is -0.493 e. The van der Waals surface area contributed by atoms with Crippen LogP contribution in [0.2, 0.25) is 0 Å². The molecule has 0 radical (unpaired) electrons. The SMILES string of the molecule is COc1cccc2cc(/C(C)=N/NC(=S)NC3CC3)oc12. The number of nitrogens with zero attached hydrogens (tertiary/aromatic N) is 1. The number of thiocarbonyl (C=S) groups is 1. The Hall–Kier alpha value is -2.08. The van der Waals surface area contributed by atoms with Crippen molar-refractivity contribution >= 4 is 34.0 Å². The van der Waals surface area contributed by atoms with Crippen LogP contribution in [0, 0.1) is 0 Å². The summed E-state index contributed by atoms with van der Waals surface area (Å²) >= 11 is 5.16. The van der Waals surface area contributed by atoms with Crippen molar-refractivity contribution in [3.63, 3.8) is 0 Å². The molecular formula is C15H17N3O2S. The summed E-state index contributed by atoms with van der Waals surface area (Å²) in [4.78, 5) is 0. The van der Waals surface area contributed by atoms with Crippen molar-refractivity contribution in [2.45, 2.75) is 25.8 Å². The molecule has 1 aromatic heterocycles. The third-order valence-corrected chi connectivity index (χ3v) is 3.53. The molecule has 6 heteroatoms. The molecule has 1 saturated carbocycles. The van der Waals surface area contributed by atoms with Gasteiger partial charge >= 0.3 is 0 Å². The second-order valence-electron chi connectivity index (χ2n) is 5.05. The molecule has 0 amide bonds. The number of hydrazone groups is 1. The van der Waals surface area contributed by atoms with E-state index in [1.807, 2.05) is 31.2 Å². The Bertz CT molecular complexity index is 704. The van der Waals surface area contributed by atoms with Crippen LogP contribution >= 0.6 is 12.2 Å². The monoisotopic (exact) mass is 303 g/mol. The van der Waals surface area contributed by atoms with E-state index in [2.05, 4.69) is 15.8 Å². The van der Waals surface area contributed by atoms with Crippen molar-refractivity contribution in [2.75, 3.05) is 7.11 Å². The maximum Gasteiger partial charge on any atom is 0.187 e. The molecule has 0 unspecified atom stereocenters. The molecule has 2 N–H and O–H groups in total. The van der Waals surface area contributed by atoms with Gasteiger partial charge in [0, 0.05) is 11.4 Å². The first-order valence-corrected chi connectivity index (χ1v) is 7.26. The molecule has 1 fully saturated rings. The molecule has 110 valence electrons. The number of benzene rings is 1. The third kappa shape index (κ3) is 3.16. The van der Waals surface area contributed by atoms with E-state index in [0.29, 0.717) is 22.7 Å². The average Bonchev–Trinajstić information content (AvgIpc) is 3.18. The Morgan fingerprint density at radius 3 is 2.95 bits per heavy atom. The van der Waals surface area contributed by atoms with Crippen LogP contribution in [0.5, 0.6) is 5.75 Å². The highest BCUT2D eigenvalue weighted by Crippen LogP contribution is 2.28. The van der Waals surface area contributed by atoms with Gasteiger partial charge in [0.15, 0.2) is 22.2 Å². The lowest BCUT2D eigenvalue weighted by molar-refractivity contribution is 0.410. The molecule has 0 aliphatic heterocycles. The van der Waals surface area contributed by atoms with Gasteiger partial charge in [0.05, 0.1) is 7.11 Å². The average molecular weight is 303 g/mol. The van der Waals surface area contributed by atoms with Gasteiger partial charge in [0.2, 0.25) is 0 Å². The maximum absolute atomic E-state index is 5.82. The van der Waals surface area contributed by atoms with Crippen LogP contribution in [-0.4, -0.2) is 24.0 Å². The van der Waals surface area contributed by atoms with Gasteiger partial charge in [-0.05, 0) is 44.1 Å². The standard InChI is InChI=1S/C15H17N3O2S/c1-9(17-18-15(21)16-11-6-7-11)13-8-10-4-3-5-12(19-2)14(10)20-13/h3-5,8,11H,6-7H2,1-2H3,(H2,16,18,21)/b17-9+. The Balaban J connectivity index is 1.77. The highest BCUT2D eigenvalue weighted by Gasteiger charge is 2.21. The smallest absolute Gasteiger partial charge is 0.187 e. The zero-order chi connectivity index (χ0) is 14.8. The van der Waals surface area contributed by atoms with Crippen molar-refractivity contribution in [3.05, 3.63) is 30.0 Å². The van der Waals surface area contributed by atoms with Crippen molar-refractivity contribution < 1.29 is 9.15 Å². The molecule has 1 aromatic carbocycles. The van der Waals surface area contributed by atoms with Gasteiger partial charge < -0.3 is 14.5 Å². The minimum absolute atomic E-state index is 0.510. The number of furan rings is 1. The highest BCUT2D eigenvalue weighted by molar-refractivity contribution is 7.80. The first kappa shape index (κ1) is 13.9. The van der Waals surface area contributed by atoms with Gasteiger partial charge in [-0.25, -0.2) is 0 Å². The molecule has 1 aliphatic carbocycles. The van der Waals surface area contributed by atoms with Crippen molar-refractivity contribution in [2.24, 2.45) is 5.10 Å². The maximum atomic E-state index is 5.82. The summed E-state index contributed by atoms with van der Waals surface area (Å²) in [5, 5.41) is 8.95. The van der Waals surface area contributed by atoms with E-state index >= 15 is 0 Å². The van der Waals surface area contributed by atoms with Gasteiger partial charge in [-0.1, -0.05) is 12.1 Å². The van der Waals surface area contributed by atoms with Gasteiger partial charge in [-0.2, -0.15) is 5.10 Å². The predicted molar refractivity (Wildman–Crippen MR) is 86.9 cm³/mol. The van der Waals surface area contributed by atoms with Crippen LogP contribution in [0.15, 0.2) is 33.8 Å². The first-order valence-electron chi connectivity index (χ1n) is 6.85. The van der Waals surface area contributed by atoms with Crippen LogP contribution in [0.25, 0.3) is 11.0 Å². The lowest BCUT2D eigenvalue weighted by Gasteiger charge is -2.05. The van der Waals surface area contributed by atoms with E-state index < -0.39 is 0 Å². The van der Waals surface area contributed by atoms with Gasteiger partial charge in [0.1, 0.15) is 5.71 Å². The number of methoxy groups -OCH3 is 1. The number of fused-ring (bicyclic) bond motifs is 1. The fraction of sp³-hybridized carbons (Fsp3) is 0.333. The molecule has 21 heavy (non-hydrogen) atoms. The van der Waals surface area contributed by atoms with Crippen LogP contribution in [0.3, 0.4) is 0 Å². The number of ether oxygens (including phenoxy) is 1. The summed E-state index contributed by atoms with van der Waals surface area (Å²) in [6.07, 6.45) is 2.35. The van der Waals surface area contributed by atoms with E-state index in [9.17, 15) is 0 Å². The second-order valence-corrected chi connectivity index (χ2v) is 5.45. The quantitative estimate of drug-likeness (QED) is 0.517. The molecule has 3 rings (SSSR count). The number of hydrogen-bond acceptors (Lipinski definition) is 4. The minimum atomic E-state index is 0.510. The van der Waals surface area contributed by atoms with Gasteiger partial charge in [-0.3, -0.25) is 5.43 Å². The lowest BCUT2D eigenvalue weighted by atomic mass is 10.2. The van der Waals surface area contributed by atoms with Crippen LogP contribution in [-0.2, 0) is 0 Å². The molecule has 5 nitrogen and oxygen atoms in total.